The largest absolute Gasteiger partial charge is 0.497 e. The molecule has 144 valence electrons. The summed E-state index contributed by atoms with van der Waals surface area (Å²) in [4.78, 5) is 9.53. The van der Waals surface area contributed by atoms with E-state index in [1.54, 1.807) is 18.0 Å². The quantitative estimate of drug-likeness (QED) is 0.434. The normalized spacial score (nSPS) is 11.2. The molecule has 0 fully saturated rings. The number of methoxy groups -OCH3 is 1. The molecule has 29 heavy (non-hydrogen) atoms. The molecule has 4 N–H and O–H groups in total. The molecule has 0 bridgehead atoms. The fraction of sp³-hybridized carbons (Fsp3) is 0.100. The van der Waals surface area contributed by atoms with Crippen LogP contribution in [0.2, 0.25) is 0 Å². The van der Waals surface area contributed by atoms with Crippen LogP contribution in [0.15, 0.2) is 48.7 Å². The summed E-state index contributed by atoms with van der Waals surface area (Å²) in [6.45, 7) is 0. The molecular weight excluding hydrogens is 368 g/mol. The fourth-order valence-corrected chi connectivity index (χ4v) is 3.36. The Morgan fingerprint density at radius 2 is 2.00 bits per heavy atom. The Bertz CT molecular complexity index is 1350. The van der Waals surface area contributed by atoms with E-state index in [2.05, 4.69) is 20.6 Å². The molecule has 0 aliphatic carbocycles. The van der Waals surface area contributed by atoms with E-state index in [0.717, 1.165) is 33.3 Å². The average Bonchev–Trinajstić information content (AvgIpc) is 3.31. The first-order valence-corrected chi connectivity index (χ1v) is 8.98. The first-order valence-electron chi connectivity index (χ1n) is 8.98. The van der Waals surface area contributed by atoms with Gasteiger partial charge in [0.05, 0.1) is 29.6 Å². The zero-order valence-electron chi connectivity index (χ0n) is 15.8. The number of nitrogens with zero attached hydrogens (tertiary/aromatic N) is 5. The molecular formula is C20H18N8O. The smallest absolute Gasteiger partial charge is 0.164 e. The van der Waals surface area contributed by atoms with E-state index in [1.807, 2.05) is 49.5 Å². The van der Waals surface area contributed by atoms with Gasteiger partial charge in [-0.25, -0.2) is 9.97 Å². The molecule has 0 unspecified atom stereocenters. The highest BCUT2D eigenvalue weighted by molar-refractivity contribution is 6.01. The summed E-state index contributed by atoms with van der Waals surface area (Å²) in [6, 6.07) is 13.4. The third kappa shape index (κ3) is 2.80. The van der Waals surface area contributed by atoms with Crippen LogP contribution in [0.1, 0.15) is 0 Å². The van der Waals surface area contributed by atoms with Gasteiger partial charge in [-0.2, -0.15) is 10.2 Å². The number of hydrogen-bond donors (Lipinski definition) is 3. The number of aromatic amines is 1. The van der Waals surface area contributed by atoms with E-state index >= 15 is 0 Å². The van der Waals surface area contributed by atoms with Gasteiger partial charge < -0.3 is 15.8 Å². The Hall–Kier alpha value is -4.14. The number of fused-ring (bicyclic) bond motifs is 2. The maximum absolute atomic E-state index is 6.09. The van der Waals surface area contributed by atoms with Crippen molar-refractivity contribution in [2.24, 2.45) is 7.05 Å². The molecule has 0 saturated carbocycles. The summed E-state index contributed by atoms with van der Waals surface area (Å²) in [7, 11) is 3.48. The number of aromatic nitrogens is 6. The number of rotatable bonds is 4. The third-order valence-corrected chi connectivity index (χ3v) is 4.78. The van der Waals surface area contributed by atoms with E-state index in [-0.39, 0.29) is 0 Å². The number of H-pyrrole nitrogens is 1. The van der Waals surface area contributed by atoms with Gasteiger partial charge >= 0.3 is 0 Å². The van der Waals surface area contributed by atoms with Crippen LogP contribution in [0, 0.1) is 0 Å². The second-order valence-corrected chi connectivity index (χ2v) is 6.60. The summed E-state index contributed by atoms with van der Waals surface area (Å²) >= 11 is 0. The van der Waals surface area contributed by atoms with Crippen LogP contribution >= 0.6 is 0 Å². The molecule has 2 aromatic carbocycles. The average molecular weight is 386 g/mol. The van der Waals surface area contributed by atoms with Gasteiger partial charge in [-0.3, -0.25) is 9.78 Å². The summed E-state index contributed by atoms with van der Waals surface area (Å²) in [5.74, 6) is 2.34. The van der Waals surface area contributed by atoms with Crippen molar-refractivity contribution in [3.63, 3.8) is 0 Å². The lowest BCUT2D eigenvalue weighted by molar-refractivity contribution is 0.415. The summed E-state index contributed by atoms with van der Waals surface area (Å²) in [6.07, 6.45) is 1.74. The lowest BCUT2D eigenvalue weighted by atomic mass is 10.1. The molecule has 0 spiro atoms. The van der Waals surface area contributed by atoms with Gasteiger partial charge in [-0.05, 0) is 18.2 Å². The second-order valence-electron chi connectivity index (χ2n) is 6.60. The number of nitrogens with two attached hydrogens (primary N) is 1. The van der Waals surface area contributed by atoms with Crippen LogP contribution in [0.25, 0.3) is 33.3 Å². The standard InChI is InChI=1S/C20H18N8O/c1-28-20-14(10-22-28)19(23-11-5-3-6-12(9-11)29-2)24-18(25-20)13-7-4-8-15-16(13)17(21)27-26-15/h3-10H,1-2H3,(H3,21,26,27)(H,23,24,25). The van der Waals surface area contributed by atoms with Crippen molar-refractivity contribution in [1.29, 1.82) is 0 Å². The van der Waals surface area contributed by atoms with Crippen LogP contribution in [0.4, 0.5) is 17.3 Å². The Kier molecular flexibility index (Phi) is 3.80. The Morgan fingerprint density at radius 3 is 2.86 bits per heavy atom. The number of aryl methyl sites for hydroxylation is 1. The molecule has 0 atom stereocenters. The minimum absolute atomic E-state index is 0.409. The zero-order chi connectivity index (χ0) is 20.0. The highest BCUT2D eigenvalue weighted by Crippen LogP contribution is 2.33. The fourth-order valence-electron chi connectivity index (χ4n) is 3.36. The van der Waals surface area contributed by atoms with E-state index < -0.39 is 0 Å². The molecule has 0 aliphatic heterocycles. The van der Waals surface area contributed by atoms with Crippen LogP contribution in [0.5, 0.6) is 5.75 Å². The van der Waals surface area contributed by atoms with Crippen molar-refractivity contribution in [3.8, 4) is 17.1 Å². The molecule has 0 saturated heterocycles. The van der Waals surface area contributed by atoms with Crippen molar-refractivity contribution in [1.82, 2.24) is 29.9 Å². The maximum atomic E-state index is 6.09. The molecule has 5 rings (SSSR count). The number of nitrogen functional groups attached to an aromatic ring is 1. The Morgan fingerprint density at radius 1 is 1.14 bits per heavy atom. The van der Waals surface area contributed by atoms with Crippen LogP contribution in [-0.2, 0) is 7.05 Å². The van der Waals surface area contributed by atoms with Crippen molar-refractivity contribution in [2.45, 2.75) is 0 Å². The van der Waals surface area contributed by atoms with Gasteiger partial charge in [0.15, 0.2) is 17.3 Å². The summed E-state index contributed by atoms with van der Waals surface area (Å²) in [5, 5.41) is 16.4. The number of nitrogens with one attached hydrogen (secondary N) is 2. The van der Waals surface area contributed by atoms with Crippen LogP contribution in [-0.4, -0.2) is 37.1 Å². The zero-order valence-corrected chi connectivity index (χ0v) is 15.8. The lowest BCUT2D eigenvalue weighted by Crippen LogP contribution is -2.01. The van der Waals surface area contributed by atoms with Gasteiger partial charge in [0, 0.05) is 24.4 Å². The predicted octanol–water partition coefficient (Wildman–Crippen LogP) is 3.24. The first-order chi connectivity index (χ1) is 14.1. The van der Waals surface area contributed by atoms with Crippen molar-refractivity contribution >= 4 is 39.3 Å². The van der Waals surface area contributed by atoms with Gasteiger partial charge in [-0.15, -0.1) is 0 Å². The molecule has 3 heterocycles. The maximum Gasteiger partial charge on any atom is 0.164 e. The van der Waals surface area contributed by atoms with E-state index in [1.165, 1.54) is 0 Å². The summed E-state index contributed by atoms with van der Waals surface area (Å²) in [5.41, 5.74) is 9.27. The topological polar surface area (TPSA) is 120 Å². The van der Waals surface area contributed by atoms with E-state index in [9.17, 15) is 0 Å². The van der Waals surface area contributed by atoms with Gasteiger partial charge in [0.1, 0.15) is 11.6 Å². The first kappa shape index (κ1) is 17.0. The summed E-state index contributed by atoms with van der Waals surface area (Å²) < 4.78 is 7.03. The third-order valence-electron chi connectivity index (χ3n) is 4.78. The van der Waals surface area contributed by atoms with Crippen LogP contribution in [0.3, 0.4) is 0 Å². The Balaban J connectivity index is 1.71. The highest BCUT2D eigenvalue weighted by atomic mass is 16.5. The van der Waals surface area contributed by atoms with Gasteiger partial charge in [0.25, 0.3) is 0 Å². The molecule has 5 aromatic rings. The van der Waals surface area contributed by atoms with E-state index in [0.29, 0.717) is 23.1 Å². The second kappa shape index (κ2) is 6.48. The van der Waals surface area contributed by atoms with Gasteiger partial charge in [-0.1, -0.05) is 18.2 Å². The molecule has 9 nitrogen and oxygen atoms in total. The predicted molar refractivity (Wildman–Crippen MR) is 112 cm³/mol. The molecule has 3 aromatic heterocycles. The molecule has 0 amide bonds. The van der Waals surface area contributed by atoms with Crippen LogP contribution < -0.4 is 15.8 Å². The highest BCUT2D eigenvalue weighted by Gasteiger charge is 2.17. The lowest BCUT2D eigenvalue weighted by Gasteiger charge is -2.11. The van der Waals surface area contributed by atoms with Gasteiger partial charge in [0.2, 0.25) is 0 Å². The SMILES string of the molecule is COc1cccc(Nc2nc(-c3cccc4[nH]nc(N)c34)nc3c2cnn3C)c1. The number of benzene rings is 2. The van der Waals surface area contributed by atoms with E-state index in [4.69, 9.17) is 20.4 Å². The molecule has 0 radical (unpaired) electrons. The number of anilines is 3. The number of ether oxygens (including phenoxy) is 1. The molecule has 0 aliphatic rings. The minimum atomic E-state index is 0.409. The minimum Gasteiger partial charge on any atom is -0.497 e. The monoisotopic (exact) mass is 386 g/mol. The van der Waals surface area contributed by atoms with Crippen molar-refractivity contribution < 1.29 is 4.74 Å². The van der Waals surface area contributed by atoms with Crippen molar-refractivity contribution in [2.75, 3.05) is 18.2 Å². The number of hydrogen-bond acceptors (Lipinski definition) is 7. The van der Waals surface area contributed by atoms with Crippen molar-refractivity contribution in [3.05, 3.63) is 48.7 Å². The Labute approximate surface area is 165 Å². The molecule has 9 heteroatoms.